The van der Waals surface area contributed by atoms with Crippen LogP contribution in [0.5, 0.6) is 0 Å². The largest absolute Gasteiger partial charge is 0.463 e. The van der Waals surface area contributed by atoms with Gasteiger partial charge in [-0.2, -0.15) is 0 Å². The average molecular weight is 1740 g/mol. The third-order valence-corrected chi connectivity index (χ3v) is 24.6. The van der Waals surface area contributed by atoms with E-state index in [9.17, 15) is 53.1 Å². The Bertz CT molecular complexity index is 6160. The summed E-state index contributed by atoms with van der Waals surface area (Å²) in [5.41, 5.74) is 11.5. The number of hydrogen-bond donors (Lipinski definition) is 3. The van der Waals surface area contributed by atoms with Gasteiger partial charge in [0.2, 0.25) is 0 Å². The number of nitrogens with zero attached hydrogens (tertiary/aromatic N) is 2. The zero-order valence-corrected chi connectivity index (χ0v) is 76.4. The van der Waals surface area contributed by atoms with Gasteiger partial charge in [-0.1, -0.05) is 248 Å². The third-order valence-electron chi connectivity index (χ3n) is 24.6. The molecule has 19 nitrogen and oxygen atoms in total. The van der Waals surface area contributed by atoms with Gasteiger partial charge in [0, 0.05) is 117 Å². The first kappa shape index (κ1) is 96.3. The van der Waals surface area contributed by atoms with Crippen LogP contribution in [0.2, 0.25) is 0 Å². The molecule has 3 N–H and O–H groups in total. The van der Waals surface area contributed by atoms with Gasteiger partial charge in [0.25, 0.3) is 0 Å². The summed E-state index contributed by atoms with van der Waals surface area (Å²) < 4.78 is 26.0. The number of amides is 2. The lowest BCUT2D eigenvalue weighted by molar-refractivity contribution is -0.157. The van der Waals surface area contributed by atoms with Crippen LogP contribution in [0.15, 0.2) is 255 Å². The van der Waals surface area contributed by atoms with Crippen LogP contribution in [0.25, 0.3) is 43.6 Å². The number of ether oxygens (including phenoxy) is 4. The van der Waals surface area contributed by atoms with Gasteiger partial charge in [-0.3, -0.25) is 43.2 Å². The molecule has 0 saturated heterocycles. The van der Waals surface area contributed by atoms with Crippen LogP contribution in [0, 0.1) is 16.2 Å². The highest BCUT2D eigenvalue weighted by atomic mass is 16.6. The molecule has 16 rings (SSSR count). The smallest absolute Gasteiger partial charge is 0.319 e. The normalized spacial score (nSPS) is 13.0. The molecule has 3 atom stereocenters. The predicted molar refractivity (Wildman–Crippen MR) is 510 cm³/mol. The number of urea groups is 1. The molecular formula is C110H118N4O15. The molecule has 3 aliphatic carbocycles. The van der Waals surface area contributed by atoms with Gasteiger partial charge < -0.3 is 43.8 Å². The van der Waals surface area contributed by atoms with Gasteiger partial charge in [-0.15, -0.1) is 0 Å². The van der Waals surface area contributed by atoms with E-state index in [1.165, 1.54) is 55.6 Å². The lowest BCUT2D eigenvalue weighted by Gasteiger charge is -2.21. The monoisotopic (exact) mass is 1730 g/mol. The second-order valence-corrected chi connectivity index (χ2v) is 34.5. The SMILES string of the molecule is CCC(C)(C)C(=O)OCC(O)CCc1ccc2c(c1)C(=O)c1ccccc1C2=O.CCC(C)(C)C(=O)OCCNC(=O)Nc1cccc2c1C(=O)c1ccccc1C2=O.CCC(C)(C)C(=O)OCCOCc1ccc2c(c1)C(=O)c1ccccc1C2=O.CCC(C)c1ccccc1.CCC(C)n1c2ccccc2c2ccccc21.CCn1c2ccccc2c2ccccc21. The van der Waals surface area contributed by atoms with Gasteiger partial charge in [0.05, 0.1) is 53.4 Å². The first-order valence-corrected chi connectivity index (χ1v) is 44.7. The van der Waals surface area contributed by atoms with Crippen LogP contribution in [0.4, 0.5) is 10.5 Å². The van der Waals surface area contributed by atoms with E-state index in [4.69, 9.17) is 18.9 Å². The molecule has 0 fully saturated rings. The van der Waals surface area contributed by atoms with Crippen molar-refractivity contribution in [3.63, 3.8) is 0 Å². The maximum atomic E-state index is 12.9. The Balaban J connectivity index is 0.000000154. The number of para-hydroxylation sites is 4. The summed E-state index contributed by atoms with van der Waals surface area (Å²) in [5.74, 6) is -1.34. The van der Waals surface area contributed by atoms with Gasteiger partial charge in [-0.25, -0.2) is 4.79 Å². The van der Waals surface area contributed by atoms with E-state index in [-0.39, 0.29) is 109 Å². The summed E-state index contributed by atoms with van der Waals surface area (Å²) in [6.07, 6.45) is 4.50. The number of benzene rings is 11. The van der Waals surface area contributed by atoms with Crippen LogP contribution in [0.1, 0.15) is 260 Å². The number of aromatic nitrogens is 2. The molecule has 0 radical (unpaired) electrons. The van der Waals surface area contributed by atoms with Crippen molar-refractivity contribution < 1.29 is 72.0 Å². The molecule has 19 heteroatoms. The van der Waals surface area contributed by atoms with Crippen molar-refractivity contribution in [1.29, 1.82) is 0 Å². The summed E-state index contributed by atoms with van der Waals surface area (Å²) in [6, 6.07) is 80.6. The molecule has 3 aliphatic rings. The minimum Gasteiger partial charge on any atom is -0.463 e. The Morgan fingerprint density at radius 2 is 0.767 bits per heavy atom. The van der Waals surface area contributed by atoms with Crippen LogP contribution in [-0.4, -0.2) is 112 Å². The standard InChI is InChI=1S/C24H26O5.C23H24N2O5.C23H24O5.C16H17N.C14H13N.C10H14/c1-4-24(2,3)23(28)29-14-16(25)11-9-15-10-12-19-20(13-15)22(27)18-8-6-5-7-17(18)21(19)26;1-4-23(2,3)21(28)30-13-12-24-22(29)25-17-11-7-10-16-18(17)20(27)15-9-6-5-8-14(15)19(16)26;1-4-23(2,3)22(26)28-12-11-27-14-15-9-10-18-19(13-15)21(25)17-8-6-5-7-16(17)20(18)24;1-3-12(2)17-15-10-6-4-8-13(15)14-9-5-7-11-16(14)17;1-2-15-13-9-5-3-7-11(13)12-8-4-6-10-14(12)15;1-3-9(2)10-7-5-4-6-8-10/h5-8,10,12-13,16,25H,4,9,11,14H2,1-3H3;5-11H,4,12-13H2,1-3H3,(H2,24,25,29);5-10,13H,4,11-12,14H2,1-3H3;4-12H,3H2,1-2H3;3-10H,2H2,1H3;4-9H,3H2,1-2H3. The summed E-state index contributed by atoms with van der Waals surface area (Å²) in [4.78, 5) is 125. The van der Waals surface area contributed by atoms with Crippen LogP contribution in [0.3, 0.4) is 0 Å². The second kappa shape index (κ2) is 43.9. The number of carbonyl (C=O) groups excluding carboxylic acids is 10. The fourth-order valence-electron chi connectivity index (χ4n) is 15.2. The number of esters is 3. The number of aliphatic hydroxyl groups excluding tert-OH is 1. The number of ketones is 6. The highest BCUT2D eigenvalue weighted by molar-refractivity contribution is 6.31. The Morgan fingerprint density at radius 3 is 1.22 bits per heavy atom. The maximum absolute atomic E-state index is 12.9. The first-order chi connectivity index (χ1) is 61.9. The molecular weight excluding hydrogens is 1620 g/mol. The molecule has 13 aromatic rings. The number of rotatable bonds is 25. The summed E-state index contributed by atoms with van der Waals surface area (Å²) in [6.45, 7) is 29.7. The Labute approximate surface area is 755 Å². The molecule has 3 unspecified atom stereocenters. The first-order valence-electron chi connectivity index (χ1n) is 44.7. The lowest BCUT2D eigenvalue weighted by atomic mass is 9.83. The van der Waals surface area contributed by atoms with Crippen LogP contribution < -0.4 is 10.6 Å². The van der Waals surface area contributed by atoms with E-state index >= 15 is 0 Å². The third kappa shape index (κ3) is 22.6. The molecule has 2 heterocycles. The average Bonchev–Trinajstić information content (AvgIpc) is 1.76. The van der Waals surface area contributed by atoms with E-state index in [1.807, 2.05) is 48.5 Å². The topological polar surface area (TPSA) is 262 Å². The fourth-order valence-corrected chi connectivity index (χ4v) is 15.2. The Morgan fingerprint density at radius 1 is 0.388 bits per heavy atom. The van der Waals surface area contributed by atoms with Crippen molar-refractivity contribution in [2.75, 3.05) is 38.3 Å². The van der Waals surface area contributed by atoms with Crippen molar-refractivity contribution in [1.82, 2.24) is 14.5 Å². The van der Waals surface area contributed by atoms with Crippen molar-refractivity contribution in [3.8, 4) is 0 Å². The van der Waals surface area contributed by atoms with Gasteiger partial charge >= 0.3 is 23.9 Å². The highest BCUT2D eigenvalue weighted by Gasteiger charge is 2.35. The Kier molecular flexibility index (Phi) is 32.8. The van der Waals surface area contributed by atoms with E-state index in [0.29, 0.717) is 99.7 Å². The molecule has 11 aromatic carbocycles. The number of fused-ring (bicyclic) bond motifs is 12. The van der Waals surface area contributed by atoms with E-state index in [2.05, 4.69) is 182 Å². The predicted octanol–water partition coefficient (Wildman–Crippen LogP) is 23.0. The van der Waals surface area contributed by atoms with Gasteiger partial charge in [0.1, 0.15) is 19.8 Å². The van der Waals surface area contributed by atoms with Crippen LogP contribution in [-0.2, 0) is 52.9 Å². The number of anilines is 1. The summed E-state index contributed by atoms with van der Waals surface area (Å²) in [5, 5.41) is 20.8. The number of aryl methyl sites for hydroxylation is 2. The molecule has 0 aliphatic heterocycles. The number of aliphatic hydroxyl groups is 1. The van der Waals surface area contributed by atoms with E-state index in [1.54, 1.807) is 141 Å². The number of hydrogen-bond acceptors (Lipinski definition) is 15. The van der Waals surface area contributed by atoms with Gasteiger partial charge in [-0.05, 0) is 171 Å². The van der Waals surface area contributed by atoms with Crippen LogP contribution >= 0.6 is 0 Å². The molecule has 2 amide bonds. The van der Waals surface area contributed by atoms with Crippen molar-refractivity contribution in [3.05, 3.63) is 338 Å². The molecule has 0 spiro atoms. The number of carbonyl (C=O) groups is 10. The highest BCUT2D eigenvalue weighted by Crippen LogP contribution is 2.37. The van der Waals surface area contributed by atoms with E-state index < -0.39 is 28.4 Å². The second-order valence-electron chi connectivity index (χ2n) is 34.5. The lowest BCUT2D eigenvalue weighted by Crippen LogP contribution is -2.34. The molecule has 0 bridgehead atoms. The fraction of sp³-hybridized carbons (Fsp3) is 0.309. The summed E-state index contributed by atoms with van der Waals surface area (Å²) in [7, 11) is 0. The van der Waals surface area contributed by atoms with Crippen molar-refractivity contribution in [2.45, 2.75) is 173 Å². The molecule has 129 heavy (non-hydrogen) atoms. The minimum absolute atomic E-state index is 0.0351. The van der Waals surface area contributed by atoms with Crippen molar-refractivity contribution >= 4 is 108 Å². The minimum atomic E-state index is -0.791. The zero-order chi connectivity index (χ0) is 92.9. The molecule has 2 aromatic heterocycles. The quantitative estimate of drug-likeness (QED) is 0.0273. The number of nitrogens with one attached hydrogen (secondary N) is 2. The molecule has 0 saturated carbocycles. The molecule has 668 valence electrons. The van der Waals surface area contributed by atoms with Gasteiger partial charge in [0.15, 0.2) is 34.7 Å². The van der Waals surface area contributed by atoms with E-state index in [0.717, 1.165) is 24.1 Å². The zero-order valence-electron chi connectivity index (χ0n) is 76.4. The maximum Gasteiger partial charge on any atom is 0.319 e. The summed E-state index contributed by atoms with van der Waals surface area (Å²) >= 11 is 0. The van der Waals surface area contributed by atoms with Crippen molar-refractivity contribution in [2.24, 2.45) is 16.2 Å². The Hall–Kier alpha value is -13.4.